The highest BCUT2D eigenvalue weighted by atomic mass is 32.1. The van der Waals surface area contributed by atoms with Crippen molar-refractivity contribution in [2.24, 2.45) is 7.05 Å². The van der Waals surface area contributed by atoms with E-state index < -0.39 is 0 Å². The maximum absolute atomic E-state index is 5.77. The first kappa shape index (κ1) is 13.9. The summed E-state index contributed by atoms with van der Waals surface area (Å²) in [5, 5.41) is 4.73. The quantitative estimate of drug-likeness (QED) is 0.794. The molecule has 2 saturated heterocycles. The van der Waals surface area contributed by atoms with Crippen LogP contribution in [0.25, 0.3) is 0 Å². The average molecular weight is 310 g/mol. The fraction of sp³-hybridized carbons (Fsp3) is 0.857. The number of rotatable bonds is 3. The predicted octanol–water partition coefficient (Wildman–Crippen LogP) is 1.62. The minimum absolute atomic E-state index is 0.304. The van der Waals surface area contributed by atoms with Gasteiger partial charge in [0.25, 0.3) is 0 Å². The van der Waals surface area contributed by atoms with Crippen LogP contribution in [0.3, 0.4) is 0 Å². The molecule has 4 rings (SSSR count). The van der Waals surface area contributed by atoms with Gasteiger partial charge < -0.3 is 14.0 Å². The van der Waals surface area contributed by atoms with E-state index in [1.165, 1.54) is 12.8 Å². The van der Waals surface area contributed by atoms with Crippen molar-refractivity contribution in [2.75, 3.05) is 26.3 Å². The summed E-state index contributed by atoms with van der Waals surface area (Å²) >= 11 is 5.52. The third-order valence-corrected chi connectivity index (χ3v) is 5.27. The van der Waals surface area contributed by atoms with Crippen molar-refractivity contribution in [1.82, 2.24) is 19.2 Å². The molecule has 1 spiro atoms. The lowest BCUT2D eigenvalue weighted by Crippen LogP contribution is -2.45. The van der Waals surface area contributed by atoms with E-state index in [9.17, 15) is 0 Å². The summed E-state index contributed by atoms with van der Waals surface area (Å²) in [4.78, 5) is 2.38. The lowest BCUT2D eigenvalue weighted by molar-refractivity contribution is -0.187. The number of hydrogen-bond acceptors (Lipinski definition) is 5. The minimum atomic E-state index is -0.304. The molecule has 6 nitrogen and oxygen atoms in total. The highest BCUT2D eigenvalue weighted by molar-refractivity contribution is 7.71. The van der Waals surface area contributed by atoms with Crippen molar-refractivity contribution in [2.45, 2.75) is 44.1 Å². The number of aromatic nitrogens is 3. The number of piperidine rings is 1. The molecule has 7 heteroatoms. The molecule has 2 aliphatic heterocycles. The minimum Gasteiger partial charge on any atom is -0.347 e. The summed E-state index contributed by atoms with van der Waals surface area (Å²) < 4.78 is 16.4. The molecule has 116 valence electrons. The van der Waals surface area contributed by atoms with E-state index in [4.69, 9.17) is 26.8 Å². The summed E-state index contributed by atoms with van der Waals surface area (Å²) in [7, 11) is 2.03. The van der Waals surface area contributed by atoms with E-state index >= 15 is 0 Å². The van der Waals surface area contributed by atoms with Crippen LogP contribution in [0, 0.1) is 4.77 Å². The zero-order chi connectivity index (χ0) is 14.4. The second-order valence-corrected chi connectivity index (χ2v) is 6.71. The number of hydrogen-bond donors (Lipinski definition) is 0. The number of ether oxygens (including phenoxy) is 2. The lowest BCUT2D eigenvalue weighted by atomic mass is 10.0. The van der Waals surface area contributed by atoms with Crippen LogP contribution in [0.1, 0.15) is 37.4 Å². The van der Waals surface area contributed by atoms with Crippen molar-refractivity contribution < 1.29 is 9.47 Å². The van der Waals surface area contributed by atoms with Gasteiger partial charge in [0.2, 0.25) is 0 Å². The maximum atomic E-state index is 5.77. The zero-order valence-corrected chi connectivity index (χ0v) is 13.3. The first-order chi connectivity index (χ1) is 10.2. The number of nitrogens with zero attached hydrogens (tertiary/aromatic N) is 4. The molecule has 0 N–H and O–H groups in total. The third-order valence-electron chi connectivity index (χ3n) is 4.78. The Morgan fingerprint density at radius 1 is 1.24 bits per heavy atom. The lowest BCUT2D eigenvalue weighted by Gasteiger charge is -2.37. The summed E-state index contributed by atoms with van der Waals surface area (Å²) in [5.74, 6) is 1.47. The molecule has 0 atom stereocenters. The Kier molecular flexibility index (Phi) is 3.40. The average Bonchev–Trinajstić information content (AvgIpc) is 3.18. The Labute approximate surface area is 129 Å². The van der Waals surface area contributed by atoms with Crippen molar-refractivity contribution in [1.29, 1.82) is 0 Å². The molecule has 0 radical (unpaired) electrons. The molecule has 0 aromatic carbocycles. The van der Waals surface area contributed by atoms with Gasteiger partial charge in [-0.25, -0.2) is 4.68 Å². The summed E-state index contributed by atoms with van der Waals surface area (Å²) in [6, 6.07) is 0. The number of likely N-dealkylation sites (tertiary alicyclic amines) is 1. The topological polar surface area (TPSA) is 44.5 Å². The normalized spacial score (nSPS) is 25.8. The van der Waals surface area contributed by atoms with Crippen molar-refractivity contribution in [3.05, 3.63) is 10.6 Å². The van der Waals surface area contributed by atoms with Gasteiger partial charge in [0.05, 0.1) is 19.9 Å². The van der Waals surface area contributed by atoms with Gasteiger partial charge in [-0.1, -0.05) is 0 Å². The van der Waals surface area contributed by atoms with Gasteiger partial charge in [-0.2, -0.15) is 5.10 Å². The SMILES string of the molecule is Cn1c(C2CC2)nn(CN2CCC3(CC2)OCCO3)c1=S. The summed E-state index contributed by atoms with van der Waals surface area (Å²) in [6.07, 6.45) is 4.37. The predicted molar refractivity (Wildman–Crippen MR) is 79.4 cm³/mol. The van der Waals surface area contributed by atoms with Gasteiger partial charge in [-0.05, 0) is 25.1 Å². The standard InChI is InChI=1S/C14H22N4O2S/c1-16-12(11-2-3-11)15-18(13(16)21)10-17-6-4-14(5-7-17)19-8-9-20-14/h11H,2-10H2,1H3. The summed E-state index contributed by atoms with van der Waals surface area (Å²) in [6.45, 7) is 4.18. The first-order valence-electron chi connectivity index (χ1n) is 7.81. The molecule has 3 heterocycles. The highest BCUT2D eigenvalue weighted by Crippen LogP contribution is 2.39. The zero-order valence-electron chi connectivity index (χ0n) is 12.5. The fourth-order valence-electron chi connectivity index (χ4n) is 3.30. The summed E-state index contributed by atoms with van der Waals surface area (Å²) in [5.41, 5.74) is 0. The van der Waals surface area contributed by atoms with Crippen LogP contribution in [-0.2, 0) is 23.2 Å². The Balaban J connectivity index is 1.43. The van der Waals surface area contributed by atoms with E-state index in [0.717, 1.165) is 56.4 Å². The molecule has 0 bridgehead atoms. The largest absolute Gasteiger partial charge is 0.347 e. The van der Waals surface area contributed by atoms with Gasteiger partial charge in [-0.15, -0.1) is 0 Å². The van der Waals surface area contributed by atoms with E-state index in [1.54, 1.807) is 0 Å². The van der Waals surface area contributed by atoms with Crippen molar-refractivity contribution in [3.63, 3.8) is 0 Å². The smallest absolute Gasteiger partial charge is 0.198 e. The van der Waals surface area contributed by atoms with Crippen LogP contribution in [0.15, 0.2) is 0 Å². The van der Waals surface area contributed by atoms with Gasteiger partial charge in [0, 0.05) is 38.9 Å². The van der Waals surface area contributed by atoms with Gasteiger partial charge in [0.15, 0.2) is 10.6 Å². The molecule has 1 aromatic rings. The molecule has 1 aliphatic carbocycles. The fourth-order valence-corrected chi connectivity index (χ4v) is 3.50. The molecule has 3 aliphatic rings. The Morgan fingerprint density at radius 2 is 1.90 bits per heavy atom. The molecule has 1 saturated carbocycles. The van der Waals surface area contributed by atoms with E-state index in [-0.39, 0.29) is 5.79 Å². The van der Waals surface area contributed by atoms with Crippen LogP contribution in [-0.4, -0.2) is 51.3 Å². The van der Waals surface area contributed by atoms with Crippen LogP contribution in [0.2, 0.25) is 0 Å². The maximum Gasteiger partial charge on any atom is 0.198 e. The molecule has 0 amide bonds. The second-order valence-electron chi connectivity index (χ2n) is 6.34. The molecular weight excluding hydrogens is 288 g/mol. The van der Waals surface area contributed by atoms with Crippen molar-refractivity contribution >= 4 is 12.2 Å². The second kappa shape index (κ2) is 5.15. The van der Waals surface area contributed by atoms with E-state index in [2.05, 4.69) is 9.47 Å². The Morgan fingerprint density at radius 3 is 2.52 bits per heavy atom. The van der Waals surface area contributed by atoms with Gasteiger partial charge in [-0.3, -0.25) is 4.90 Å². The van der Waals surface area contributed by atoms with Crippen LogP contribution in [0.4, 0.5) is 0 Å². The molecular formula is C14H22N4O2S. The molecule has 3 fully saturated rings. The van der Waals surface area contributed by atoms with E-state index in [1.807, 2.05) is 11.7 Å². The molecule has 21 heavy (non-hydrogen) atoms. The van der Waals surface area contributed by atoms with E-state index in [0.29, 0.717) is 5.92 Å². The van der Waals surface area contributed by atoms with Crippen LogP contribution >= 0.6 is 12.2 Å². The van der Waals surface area contributed by atoms with Crippen LogP contribution < -0.4 is 0 Å². The molecule has 0 unspecified atom stereocenters. The monoisotopic (exact) mass is 310 g/mol. The Bertz CT molecular complexity index is 576. The highest BCUT2D eigenvalue weighted by Gasteiger charge is 2.39. The first-order valence-corrected chi connectivity index (χ1v) is 8.22. The van der Waals surface area contributed by atoms with Gasteiger partial charge in [0.1, 0.15) is 5.82 Å². The third kappa shape index (κ3) is 2.56. The Hall–Kier alpha value is -0.760. The van der Waals surface area contributed by atoms with Gasteiger partial charge >= 0.3 is 0 Å². The van der Waals surface area contributed by atoms with Crippen molar-refractivity contribution in [3.8, 4) is 0 Å². The van der Waals surface area contributed by atoms with Crippen LogP contribution in [0.5, 0.6) is 0 Å². The molecule has 1 aromatic heterocycles.